The summed E-state index contributed by atoms with van der Waals surface area (Å²) in [6.45, 7) is 8.58. The lowest BCUT2D eigenvalue weighted by Crippen LogP contribution is -2.40. The summed E-state index contributed by atoms with van der Waals surface area (Å²) >= 11 is 0. The minimum Gasteiger partial charge on any atom is -0.336 e. The van der Waals surface area contributed by atoms with Crippen molar-refractivity contribution < 1.29 is 4.79 Å². The zero-order valence-electron chi connectivity index (χ0n) is 9.78. The first-order valence-electron chi connectivity index (χ1n) is 6.04. The van der Waals surface area contributed by atoms with Gasteiger partial charge in [-0.3, -0.25) is 4.79 Å². The fourth-order valence-corrected chi connectivity index (χ4v) is 2.85. The van der Waals surface area contributed by atoms with E-state index in [1.54, 1.807) is 0 Å². The van der Waals surface area contributed by atoms with Gasteiger partial charge < -0.3 is 4.90 Å². The third kappa shape index (κ3) is 2.09. The van der Waals surface area contributed by atoms with Gasteiger partial charge in [-0.25, -0.2) is 0 Å². The van der Waals surface area contributed by atoms with Gasteiger partial charge in [0.1, 0.15) is 0 Å². The maximum absolute atomic E-state index is 12.2. The molecule has 2 saturated carbocycles. The summed E-state index contributed by atoms with van der Waals surface area (Å²) < 4.78 is 0. The maximum Gasteiger partial charge on any atom is 0.226 e. The van der Waals surface area contributed by atoms with E-state index in [0.29, 0.717) is 24.4 Å². The smallest absolute Gasteiger partial charge is 0.226 e. The molecule has 2 fully saturated rings. The maximum atomic E-state index is 12.2. The molecular weight excluding hydrogens is 186 g/mol. The molecule has 2 atom stereocenters. The van der Waals surface area contributed by atoms with E-state index >= 15 is 0 Å². The van der Waals surface area contributed by atoms with Crippen molar-refractivity contribution in [3.8, 4) is 0 Å². The topological polar surface area (TPSA) is 20.3 Å². The van der Waals surface area contributed by atoms with Crippen LogP contribution in [0.2, 0.25) is 0 Å². The average molecular weight is 207 g/mol. The Hall–Kier alpha value is -0.790. The van der Waals surface area contributed by atoms with E-state index in [0.717, 1.165) is 24.7 Å². The van der Waals surface area contributed by atoms with E-state index in [4.69, 9.17) is 0 Å². The van der Waals surface area contributed by atoms with Gasteiger partial charge in [0.15, 0.2) is 0 Å². The third-order valence-corrected chi connectivity index (χ3v) is 3.83. The van der Waals surface area contributed by atoms with E-state index in [1.807, 2.05) is 11.0 Å². The molecule has 0 heterocycles. The Labute approximate surface area is 92.3 Å². The fraction of sp³-hybridized carbons (Fsp3) is 0.769. The summed E-state index contributed by atoms with van der Waals surface area (Å²) in [6.07, 6.45) is 5.49. The fourth-order valence-electron chi connectivity index (χ4n) is 2.85. The first kappa shape index (κ1) is 10.7. The summed E-state index contributed by atoms with van der Waals surface area (Å²) in [5, 5.41) is 0. The molecule has 2 rings (SSSR count). The predicted octanol–water partition coefficient (Wildman–Crippen LogP) is 2.46. The average Bonchev–Trinajstić information content (AvgIpc) is 2.81. The zero-order valence-corrected chi connectivity index (χ0v) is 9.78. The van der Waals surface area contributed by atoms with Gasteiger partial charge in [-0.1, -0.05) is 6.08 Å². The van der Waals surface area contributed by atoms with Crippen molar-refractivity contribution in [1.82, 2.24) is 4.90 Å². The molecule has 0 aliphatic heterocycles. The normalized spacial score (nSPS) is 32.6. The molecule has 0 spiro atoms. The Bertz CT molecular complexity index is 262. The lowest BCUT2D eigenvalue weighted by atomic mass is 10.0. The molecule has 0 saturated heterocycles. The zero-order chi connectivity index (χ0) is 11.0. The van der Waals surface area contributed by atoms with Crippen molar-refractivity contribution >= 4 is 5.91 Å². The van der Waals surface area contributed by atoms with E-state index in [2.05, 4.69) is 20.4 Å². The van der Waals surface area contributed by atoms with Gasteiger partial charge in [0.05, 0.1) is 0 Å². The third-order valence-electron chi connectivity index (χ3n) is 3.83. The van der Waals surface area contributed by atoms with Gasteiger partial charge in [-0.2, -0.15) is 0 Å². The van der Waals surface area contributed by atoms with Crippen molar-refractivity contribution in [3.05, 3.63) is 12.7 Å². The molecule has 2 heteroatoms. The first-order chi connectivity index (χ1) is 7.13. The second kappa shape index (κ2) is 3.99. The van der Waals surface area contributed by atoms with Crippen LogP contribution in [0.5, 0.6) is 0 Å². The largest absolute Gasteiger partial charge is 0.336 e. The molecule has 0 aromatic carbocycles. The summed E-state index contributed by atoms with van der Waals surface area (Å²) in [7, 11) is 0. The highest BCUT2D eigenvalue weighted by atomic mass is 16.2. The minimum atomic E-state index is 0.299. The molecular formula is C13H21NO. The first-order valence-corrected chi connectivity index (χ1v) is 6.04. The van der Waals surface area contributed by atoms with Gasteiger partial charge >= 0.3 is 0 Å². The summed E-state index contributed by atoms with van der Waals surface area (Å²) in [5.41, 5.74) is 0. The number of hydrogen-bond donors (Lipinski definition) is 0. The van der Waals surface area contributed by atoms with Crippen molar-refractivity contribution in [2.75, 3.05) is 6.54 Å². The van der Waals surface area contributed by atoms with Crippen molar-refractivity contribution in [1.29, 1.82) is 0 Å². The molecule has 0 bridgehead atoms. The quantitative estimate of drug-likeness (QED) is 0.648. The highest BCUT2D eigenvalue weighted by Crippen LogP contribution is 2.54. The molecule has 0 aromatic heterocycles. The van der Waals surface area contributed by atoms with Crippen molar-refractivity contribution in [2.24, 2.45) is 17.8 Å². The Morgan fingerprint density at radius 2 is 2.00 bits per heavy atom. The summed E-state index contributed by atoms with van der Waals surface area (Å²) in [6, 6.07) is 0.299. The Balaban J connectivity index is 1.94. The molecule has 84 valence electrons. The standard InChI is InChI=1S/C13H21NO/c1-4-5-14(9(2)3)13(15)12-7-10-6-11(10)8-12/h4,9-12H,1,5-8H2,2-3H3. The van der Waals surface area contributed by atoms with Crippen molar-refractivity contribution in [3.63, 3.8) is 0 Å². The summed E-state index contributed by atoms with van der Waals surface area (Å²) in [4.78, 5) is 14.2. The van der Waals surface area contributed by atoms with Crippen LogP contribution in [-0.4, -0.2) is 23.4 Å². The minimum absolute atomic E-state index is 0.299. The van der Waals surface area contributed by atoms with Crippen molar-refractivity contribution in [2.45, 2.75) is 39.2 Å². The molecule has 2 aliphatic rings. The van der Waals surface area contributed by atoms with Crippen LogP contribution in [0, 0.1) is 17.8 Å². The molecule has 2 aliphatic carbocycles. The molecule has 0 N–H and O–H groups in total. The molecule has 2 nitrogen and oxygen atoms in total. The van der Waals surface area contributed by atoms with Crippen LogP contribution in [0.25, 0.3) is 0 Å². The number of rotatable bonds is 4. The second-order valence-corrected chi connectivity index (χ2v) is 5.30. The monoisotopic (exact) mass is 207 g/mol. The van der Waals surface area contributed by atoms with Crippen LogP contribution in [0.3, 0.4) is 0 Å². The van der Waals surface area contributed by atoms with Crippen LogP contribution in [0.1, 0.15) is 33.1 Å². The van der Waals surface area contributed by atoms with Crippen LogP contribution < -0.4 is 0 Å². The number of hydrogen-bond acceptors (Lipinski definition) is 1. The highest BCUT2D eigenvalue weighted by Gasteiger charge is 2.48. The van der Waals surface area contributed by atoms with Crippen LogP contribution in [-0.2, 0) is 4.79 Å². The number of carbonyl (C=O) groups excluding carboxylic acids is 1. The highest BCUT2D eigenvalue weighted by molar-refractivity contribution is 5.79. The van der Waals surface area contributed by atoms with Gasteiger partial charge in [0.25, 0.3) is 0 Å². The van der Waals surface area contributed by atoms with Gasteiger partial charge in [0, 0.05) is 18.5 Å². The van der Waals surface area contributed by atoms with E-state index in [1.165, 1.54) is 6.42 Å². The molecule has 2 unspecified atom stereocenters. The Morgan fingerprint density at radius 3 is 2.47 bits per heavy atom. The van der Waals surface area contributed by atoms with Gasteiger partial charge in [0.2, 0.25) is 5.91 Å². The number of nitrogens with zero attached hydrogens (tertiary/aromatic N) is 1. The van der Waals surface area contributed by atoms with E-state index in [9.17, 15) is 4.79 Å². The predicted molar refractivity (Wildman–Crippen MR) is 61.4 cm³/mol. The van der Waals surface area contributed by atoms with Crippen LogP contribution in [0.15, 0.2) is 12.7 Å². The van der Waals surface area contributed by atoms with Crippen LogP contribution >= 0.6 is 0 Å². The lowest BCUT2D eigenvalue weighted by Gasteiger charge is -2.28. The molecule has 0 radical (unpaired) electrons. The molecule has 15 heavy (non-hydrogen) atoms. The number of carbonyl (C=O) groups is 1. The lowest BCUT2D eigenvalue weighted by molar-refractivity contribution is -0.136. The van der Waals surface area contributed by atoms with E-state index < -0.39 is 0 Å². The molecule has 0 aromatic rings. The van der Waals surface area contributed by atoms with E-state index in [-0.39, 0.29) is 0 Å². The Kier molecular flexibility index (Phi) is 2.85. The summed E-state index contributed by atoms with van der Waals surface area (Å²) in [5.74, 6) is 2.45. The Morgan fingerprint density at radius 1 is 1.40 bits per heavy atom. The van der Waals surface area contributed by atoms with Gasteiger partial charge in [-0.05, 0) is 44.9 Å². The SMILES string of the molecule is C=CCN(C(=O)C1CC2CC2C1)C(C)C. The van der Waals surface area contributed by atoms with Gasteiger partial charge in [-0.15, -0.1) is 6.58 Å². The molecule has 1 amide bonds. The second-order valence-electron chi connectivity index (χ2n) is 5.30. The van der Waals surface area contributed by atoms with Crippen LogP contribution in [0.4, 0.5) is 0 Å². The number of amides is 1. The number of fused-ring (bicyclic) bond motifs is 1.